The molecule has 0 fully saturated rings. The monoisotopic (exact) mass is 275 g/mol. The quantitative estimate of drug-likeness (QED) is 0.911. The Morgan fingerprint density at radius 2 is 2.10 bits per heavy atom. The fourth-order valence-corrected chi connectivity index (χ4v) is 1.71. The van der Waals surface area contributed by atoms with Gasteiger partial charge in [-0.05, 0) is 18.6 Å². The van der Waals surface area contributed by atoms with Crippen LogP contribution in [-0.2, 0) is 13.0 Å². The van der Waals surface area contributed by atoms with Crippen molar-refractivity contribution in [3.05, 3.63) is 59.0 Å². The number of nitrogens with zero attached hydrogens (tertiary/aromatic N) is 1. The number of ether oxygens (including phenoxy) is 1. The number of pyridine rings is 1. The maximum Gasteiger partial charge on any atom is 0.335 e. The van der Waals surface area contributed by atoms with Crippen molar-refractivity contribution in [1.82, 2.24) is 4.98 Å². The van der Waals surface area contributed by atoms with Crippen molar-refractivity contribution in [2.45, 2.75) is 20.0 Å². The van der Waals surface area contributed by atoms with Crippen LogP contribution in [0, 0.1) is 5.82 Å². The highest BCUT2D eigenvalue weighted by Crippen LogP contribution is 2.16. The van der Waals surface area contributed by atoms with Gasteiger partial charge >= 0.3 is 5.97 Å². The van der Waals surface area contributed by atoms with Crippen molar-refractivity contribution < 1.29 is 19.0 Å². The van der Waals surface area contributed by atoms with E-state index in [4.69, 9.17) is 9.84 Å². The molecule has 0 bridgehead atoms. The first-order valence-corrected chi connectivity index (χ1v) is 6.20. The molecule has 1 aromatic heterocycles. The summed E-state index contributed by atoms with van der Waals surface area (Å²) in [4.78, 5) is 15.2. The van der Waals surface area contributed by atoms with Gasteiger partial charge in [0.1, 0.15) is 12.4 Å². The minimum atomic E-state index is -1.04. The Labute approximate surface area is 115 Å². The average Bonchev–Trinajstić information content (AvgIpc) is 2.46. The van der Waals surface area contributed by atoms with Gasteiger partial charge in [-0.1, -0.05) is 25.1 Å². The van der Waals surface area contributed by atoms with Crippen molar-refractivity contribution in [3.8, 4) is 5.88 Å². The molecule has 0 unspecified atom stereocenters. The minimum absolute atomic E-state index is 0.00585. The fraction of sp³-hybridized carbons (Fsp3) is 0.200. The number of benzene rings is 1. The van der Waals surface area contributed by atoms with Crippen LogP contribution in [0.5, 0.6) is 5.88 Å². The molecule has 1 N–H and O–H groups in total. The Hall–Kier alpha value is -2.43. The highest BCUT2D eigenvalue weighted by molar-refractivity contribution is 5.88. The number of aromatic nitrogens is 1. The third kappa shape index (κ3) is 3.32. The molecule has 0 aliphatic carbocycles. The lowest BCUT2D eigenvalue weighted by molar-refractivity contribution is 0.0696. The number of halogens is 1. The Balaban J connectivity index is 2.19. The number of hydrogen-bond donors (Lipinski definition) is 1. The second-order valence-corrected chi connectivity index (χ2v) is 4.22. The van der Waals surface area contributed by atoms with Crippen LogP contribution in [0.4, 0.5) is 4.39 Å². The van der Waals surface area contributed by atoms with Crippen LogP contribution in [0.2, 0.25) is 0 Å². The van der Waals surface area contributed by atoms with Gasteiger partial charge in [0.05, 0.1) is 5.56 Å². The summed E-state index contributed by atoms with van der Waals surface area (Å²) < 4.78 is 18.8. The maximum atomic E-state index is 13.5. The molecular formula is C15H14FNO3. The first-order valence-electron chi connectivity index (χ1n) is 6.20. The van der Waals surface area contributed by atoms with Gasteiger partial charge in [-0.25, -0.2) is 14.2 Å². The Morgan fingerprint density at radius 1 is 1.35 bits per heavy atom. The number of carboxylic acid groups (broad SMARTS) is 1. The molecule has 5 heteroatoms. The number of carbonyl (C=O) groups is 1. The van der Waals surface area contributed by atoms with E-state index >= 15 is 0 Å². The molecule has 1 heterocycles. The van der Waals surface area contributed by atoms with Gasteiger partial charge in [-0.15, -0.1) is 0 Å². The zero-order valence-electron chi connectivity index (χ0n) is 11.0. The highest BCUT2D eigenvalue weighted by atomic mass is 19.1. The lowest BCUT2D eigenvalue weighted by atomic mass is 10.2. The standard InChI is InChI=1S/C15H14FNO3/c1-2-12-7-11(15(18)19)8-14(17-12)20-9-10-5-3-4-6-13(10)16/h3-8H,2,9H2,1H3,(H,18,19). The summed E-state index contributed by atoms with van der Waals surface area (Å²) in [7, 11) is 0. The normalized spacial score (nSPS) is 10.3. The molecule has 2 aromatic rings. The van der Waals surface area contributed by atoms with Crippen LogP contribution in [0.15, 0.2) is 36.4 Å². The highest BCUT2D eigenvalue weighted by Gasteiger charge is 2.09. The zero-order valence-corrected chi connectivity index (χ0v) is 11.0. The summed E-state index contributed by atoms with van der Waals surface area (Å²) in [6.07, 6.45) is 0.594. The number of aryl methyl sites for hydroxylation is 1. The van der Waals surface area contributed by atoms with Crippen LogP contribution in [0.3, 0.4) is 0 Å². The van der Waals surface area contributed by atoms with Crippen molar-refractivity contribution >= 4 is 5.97 Å². The van der Waals surface area contributed by atoms with Crippen molar-refractivity contribution in [2.75, 3.05) is 0 Å². The Bertz CT molecular complexity index is 628. The molecule has 0 aliphatic rings. The summed E-state index contributed by atoms with van der Waals surface area (Å²) in [6, 6.07) is 9.09. The van der Waals surface area contributed by atoms with Crippen molar-refractivity contribution in [2.24, 2.45) is 0 Å². The van der Waals surface area contributed by atoms with E-state index in [-0.39, 0.29) is 23.9 Å². The molecule has 104 valence electrons. The van der Waals surface area contributed by atoms with Crippen LogP contribution in [0.1, 0.15) is 28.5 Å². The molecular weight excluding hydrogens is 261 g/mol. The van der Waals surface area contributed by atoms with E-state index in [1.54, 1.807) is 18.2 Å². The maximum absolute atomic E-state index is 13.5. The van der Waals surface area contributed by atoms with E-state index in [1.807, 2.05) is 6.92 Å². The number of hydrogen-bond acceptors (Lipinski definition) is 3. The topological polar surface area (TPSA) is 59.4 Å². The minimum Gasteiger partial charge on any atom is -0.478 e. The molecule has 20 heavy (non-hydrogen) atoms. The largest absolute Gasteiger partial charge is 0.478 e. The third-order valence-corrected chi connectivity index (χ3v) is 2.80. The number of rotatable bonds is 5. The van der Waals surface area contributed by atoms with Gasteiger partial charge in [0, 0.05) is 17.3 Å². The summed E-state index contributed by atoms with van der Waals surface area (Å²) in [5.74, 6) is -1.22. The van der Waals surface area contributed by atoms with E-state index in [0.717, 1.165) is 0 Å². The van der Waals surface area contributed by atoms with Gasteiger partial charge in [0.2, 0.25) is 5.88 Å². The van der Waals surface area contributed by atoms with Gasteiger partial charge < -0.3 is 9.84 Å². The molecule has 0 spiro atoms. The van der Waals surface area contributed by atoms with Crippen molar-refractivity contribution in [1.29, 1.82) is 0 Å². The predicted octanol–water partition coefficient (Wildman–Crippen LogP) is 3.06. The summed E-state index contributed by atoms with van der Waals surface area (Å²) >= 11 is 0. The second kappa shape index (κ2) is 6.14. The molecule has 0 saturated heterocycles. The van der Waals surface area contributed by atoms with E-state index in [0.29, 0.717) is 17.7 Å². The lowest BCUT2D eigenvalue weighted by Crippen LogP contribution is -2.04. The average molecular weight is 275 g/mol. The molecule has 0 amide bonds. The van der Waals surface area contributed by atoms with E-state index < -0.39 is 5.97 Å². The molecule has 0 atom stereocenters. The van der Waals surface area contributed by atoms with Crippen LogP contribution in [0.25, 0.3) is 0 Å². The van der Waals surface area contributed by atoms with Gasteiger partial charge in [0.15, 0.2) is 0 Å². The Kier molecular flexibility index (Phi) is 4.30. The van der Waals surface area contributed by atoms with E-state index in [9.17, 15) is 9.18 Å². The molecule has 0 saturated carbocycles. The summed E-state index contributed by atoms with van der Waals surface area (Å²) in [5, 5.41) is 9.02. The van der Waals surface area contributed by atoms with Gasteiger partial charge in [0.25, 0.3) is 0 Å². The fourth-order valence-electron chi connectivity index (χ4n) is 1.71. The molecule has 0 aliphatic heterocycles. The number of carboxylic acids is 1. The number of aromatic carboxylic acids is 1. The summed E-state index contributed by atoms with van der Waals surface area (Å²) in [6.45, 7) is 1.88. The third-order valence-electron chi connectivity index (χ3n) is 2.80. The van der Waals surface area contributed by atoms with Crippen LogP contribution in [-0.4, -0.2) is 16.1 Å². The lowest BCUT2D eigenvalue weighted by Gasteiger charge is -2.08. The smallest absolute Gasteiger partial charge is 0.335 e. The van der Waals surface area contributed by atoms with Gasteiger partial charge in [-0.3, -0.25) is 0 Å². The molecule has 4 nitrogen and oxygen atoms in total. The first kappa shape index (κ1) is 14.0. The summed E-state index contributed by atoms with van der Waals surface area (Å²) in [5.41, 5.74) is 1.13. The molecule has 1 aromatic carbocycles. The first-order chi connectivity index (χ1) is 9.60. The molecule has 0 radical (unpaired) electrons. The predicted molar refractivity (Wildman–Crippen MR) is 71.3 cm³/mol. The van der Waals surface area contributed by atoms with Crippen molar-refractivity contribution in [3.63, 3.8) is 0 Å². The Morgan fingerprint density at radius 3 is 2.75 bits per heavy atom. The molecule has 2 rings (SSSR count). The van der Waals surface area contributed by atoms with Gasteiger partial charge in [-0.2, -0.15) is 0 Å². The van der Waals surface area contributed by atoms with Crippen LogP contribution < -0.4 is 4.74 Å². The van der Waals surface area contributed by atoms with E-state index in [1.165, 1.54) is 18.2 Å². The second-order valence-electron chi connectivity index (χ2n) is 4.22. The zero-order chi connectivity index (χ0) is 14.5. The van der Waals surface area contributed by atoms with Crippen LogP contribution >= 0.6 is 0 Å². The SMILES string of the molecule is CCc1cc(C(=O)O)cc(OCc2ccccc2F)n1. The van der Waals surface area contributed by atoms with E-state index in [2.05, 4.69) is 4.98 Å².